The van der Waals surface area contributed by atoms with E-state index >= 15 is 0 Å². The minimum Gasteiger partial charge on any atom is -0.326 e. The molecule has 22 heavy (non-hydrogen) atoms. The van der Waals surface area contributed by atoms with E-state index in [4.69, 9.17) is 0 Å². The number of anilines is 1. The molecule has 0 aliphatic heterocycles. The van der Waals surface area contributed by atoms with E-state index in [1.807, 2.05) is 45.9 Å². The maximum Gasteiger partial charge on any atom is 0.227 e. The molecule has 122 valence electrons. The summed E-state index contributed by atoms with van der Waals surface area (Å²) in [4.78, 5) is 23.5. The third-order valence-corrected chi connectivity index (χ3v) is 4.04. The van der Waals surface area contributed by atoms with Crippen LogP contribution in [0.5, 0.6) is 0 Å². The molecule has 3 heteroatoms. The average molecular weight is 303 g/mol. The highest BCUT2D eigenvalue weighted by atomic mass is 16.1. The highest BCUT2D eigenvalue weighted by Crippen LogP contribution is 2.15. The van der Waals surface area contributed by atoms with Crippen LogP contribution in [-0.4, -0.2) is 11.7 Å². The lowest BCUT2D eigenvalue weighted by Crippen LogP contribution is -2.19. The lowest BCUT2D eigenvalue weighted by Gasteiger charge is -2.11. The van der Waals surface area contributed by atoms with Gasteiger partial charge in [0.2, 0.25) is 5.91 Å². The van der Waals surface area contributed by atoms with E-state index in [9.17, 15) is 9.59 Å². The summed E-state index contributed by atoms with van der Waals surface area (Å²) in [5.41, 5.74) is 2.07. The molecular formula is C19H29NO2. The fraction of sp³-hybridized carbons (Fsp3) is 0.579. The molecule has 0 spiro atoms. The van der Waals surface area contributed by atoms with E-state index in [0.29, 0.717) is 12.2 Å². The highest BCUT2D eigenvalue weighted by molar-refractivity contribution is 5.92. The van der Waals surface area contributed by atoms with Crippen molar-refractivity contribution in [2.45, 2.75) is 59.8 Å². The van der Waals surface area contributed by atoms with Crippen molar-refractivity contribution in [2.24, 2.45) is 11.8 Å². The molecule has 0 saturated heterocycles. The van der Waals surface area contributed by atoms with Gasteiger partial charge in [0.25, 0.3) is 0 Å². The molecule has 0 fully saturated rings. The molecule has 0 aliphatic carbocycles. The van der Waals surface area contributed by atoms with Crippen LogP contribution in [0.1, 0.15) is 58.9 Å². The zero-order chi connectivity index (χ0) is 16.5. The number of unbranched alkanes of at least 4 members (excludes halogenated alkanes) is 1. The normalized spacial score (nSPS) is 12.2. The zero-order valence-corrected chi connectivity index (χ0v) is 14.3. The summed E-state index contributed by atoms with van der Waals surface area (Å²) >= 11 is 0. The number of aryl methyl sites for hydroxylation is 1. The van der Waals surface area contributed by atoms with Gasteiger partial charge >= 0.3 is 0 Å². The van der Waals surface area contributed by atoms with Crippen LogP contribution in [0.25, 0.3) is 0 Å². The minimum absolute atomic E-state index is 0.0331. The first-order chi connectivity index (χ1) is 10.4. The van der Waals surface area contributed by atoms with E-state index in [-0.39, 0.29) is 17.7 Å². The number of benzene rings is 1. The van der Waals surface area contributed by atoms with Crippen LogP contribution in [0, 0.1) is 11.8 Å². The Kier molecular flexibility index (Phi) is 7.86. The summed E-state index contributed by atoms with van der Waals surface area (Å²) in [6.45, 7) is 7.85. The van der Waals surface area contributed by atoms with Gasteiger partial charge in [-0.15, -0.1) is 0 Å². The SMILES string of the molecule is CCC(C)C(=O)Nc1cccc(CCCCC(=O)C(C)C)c1. The van der Waals surface area contributed by atoms with Gasteiger partial charge in [0.15, 0.2) is 0 Å². The van der Waals surface area contributed by atoms with Gasteiger partial charge in [-0.25, -0.2) is 0 Å². The first kappa shape index (κ1) is 18.4. The predicted octanol–water partition coefficient (Wildman–Crippen LogP) is 4.61. The number of rotatable bonds is 9. The van der Waals surface area contributed by atoms with Gasteiger partial charge in [0.1, 0.15) is 5.78 Å². The molecule has 1 unspecified atom stereocenters. The number of carbonyl (C=O) groups is 2. The van der Waals surface area contributed by atoms with Gasteiger partial charge in [-0.1, -0.05) is 39.8 Å². The Hall–Kier alpha value is -1.64. The summed E-state index contributed by atoms with van der Waals surface area (Å²) in [5, 5.41) is 2.96. The molecule has 1 amide bonds. The molecule has 0 heterocycles. The van der Waals surface area contributed by atoms with Crippen LogP contribution in [0.2, 0.25) is 0 Å². The van der Waals surface area contributed by atoms with Crippen molar-refractivity contribution in [1.82, 2.24) is 0 Å². The smallest absolute Gasteiger partial charge is 0.227 e. The number of carbonyl (C=O) groups excluding carboxylic acids is 2. The molecule has 1 N–H and O–H groups in total. The standard InChI is InChI=1S/C19H29NO2/c1-5-15(4)19(22)20-17-11-8-10-16(13-17)9-6-7-12-18(21)14(2)3/h8,10-11,13-15H,5-7,9,12H2,1-4H3,(H,20,22). The third kappa shape index (κ3) is 6.42. The average Bonchev–Trinajstić information content (AvgIpc) is 2.50. The Bertz CT molecular complexity index is 494. The van der Waals surface area contributed by atoms with E-state index in [1.165, 1.54) is 5.56 Å². The molecule has 1 aromatic rings. The Morgan fingerprint density at radius 3 is 2.50 bits per heavy atom. The van der Waals surface area contributed by atoms with Crippen molar-refractivity contribution in [3.8, 4) is 0 Å². The van der Waals surface area contributed by atoms with Crippen LogP contribution in [0.3, 0.4) is 0 Å². The van der Waals surface area contributed by atoms with Crippen LogP contribution in [0.15, 0.2) is 24.3 Å². The van der Waals surface area contributed by atoms with E-state index < -0.39 is 0 Å². The fourth-order valence-corrected chi connectivity index (χ4v) is 2.17. The van der Waals surface area contributed by atoms with Gasteiger partial charge in [-0.05, 0) is 43.4 Å². The summed E-state index contributed by atoms with van der Waals surface area (Å²) in [6.07, 6.45) is 4.39. The predicted molar refractivity (Wildman–Crippen MR) is 91.9 cm³/mol. The first-order valence-electron chi connectivity index (χ1n) is 8.36. The maximum absolute atomic E-state index is 11.9. The topological polar surface area (TPSA) is 46.2 Å². The number of ketones is 1. The minimum atomic E-state index is 0.0331. The third-order valence-electron chi connectivity index (χ3n) is 4.04. The van der Waals surface area contributed by atoms with Gasteiger partial charge in [0, 0.05) is 23.9 Å². The van der Waals surface area contributed by atoms with Crippen LogP contribution in [0.4, 0.5) is 5.69 Å². The van der Waals surface area contributed by atoms with Gasteiger partial charge in [-0.3, -0.25) is 9.59 Å². The molecule has 1 rings (SSSR count). The Labute approximate surface area is 134 Å². The van der Waals surface area contributed by atoms with Crippen molar-refractivity contribution < 1.29 is 9.59 Å². The molecule has 3 nitrogen and oxygen atoms in total. The molecule has 0 saturated carbocycles. The molecule has 1 atom stereocenters. The van der Waals surface area contributed by atoms with Crippen LogP contribution < -0.4 is 5.32 Å². The molecule has 0 aromatic heterocycles. The number of nitrogens with one attached hydrogen (secondary N) is 1. The summed E-state index contributed by atoms with van der Waals surface area (Å²) in [6, 6.07) is 8.00. The number of amides is 1. The number of hydrogen-bond acceptors (Lipinski definition) is 2. The van der Waals surface area contributed by atoms with Gasteiger partial charge < -0.3 is 5.32 Å². The molecule has 0 radical (unpaired) electrons. The molecule has 0 bridgehead atoms. The molecule has 1 aromatic carbocycles. The first-order valence-corrected chi connectivity index (χ1v) is 8.36. The largest absolute Gasteiger partial charge is 0.326 e. The number of hydrogen-bond donors (Lipinski definition) is 1. The second kappa shape index (κ2) is 9.39. The van der Waals surface area contributed by atoms with Crippen molar-refractivity contribution in [3.63, 3.8) is 0 Å². The van der Waals surface area contributed by atoms with Crippen molar-refractivity contribution in [1.29, 1.82) is 0 Å². The Balaban J connectivity index is 2.44. The van der Waals surface area contributed by atoms with Crippen LogP contribution >= 0.6 is 0 Å². The summed E-state index contributed by atoms with van der Waals surface area (Å²) < 4.78 is 0. The van der Waals surface area contributed by atoms with Crippen molar-refractivity contribution >= 4 is 17.4 Å². The Morgan fingerprint density at radius 1 is 1.14 bits per heavy atom. The molecular weight excluding hydrogens is 274 g/mol. The second-order valence-electron chi connectivity index (χ2n) is 6.33. The second-order valence-corrected chi connectivity index (χ2v) is 6.33. The van der Waals surface area contributed by atoms with E-state index in [1.54, 1.807) is 0 Å². The van der Waals surface area contributed by atoms with Crippen molar-refractivity contribution in [2.75, 3.05) is 5.32 Å². The summed E-state index contributed by atoms with van der Waals surface area (Å²) in [5.74, 6) is 0.585. The quantitative estimate of drug-likeness (QED) is 0.677. The molecule has 0 aliphatic rings. The van der Waals surface area contributed by atoms with Gasteiger partial charge in [0.05, 0.1) is 0 Å². The van der Waals surface area contributed by atoms with Crippen molar-refractivity contribution in [3.05, 3.63) is 29.8 Å². The fourth-order valence-electron chi connectivity index (χ4n) is 2.17. The number of Topliss-reactive ketones (excluding diaryl/α,β-unsaturated/α-hetero) is 1. The zero-order valence-electron chi connectivity index (χ0n) is 14.3. The van der Waals surface area contributed by atoms with Crippen LogP contribution in [-0.2, 0) is 16.0 Å². The Morgan fingerprint density at radius 2 is 1.86 bits per heavy atom. The van der Waals surface area contributed by atoms with E-state index in [2.05, 4.69) is 11.4 Å². The maximum atomic E-state index is 11.9. The van der Waals surface area contributed by atoms with E-state index in [0.717, 1.165) is 31.4 Å². The highest BCUT2D eigenvalue weighted by Gasteiger charge is 2.10. The lowest BCUT2D eigenvalue weighted by atomic mass is 10.0. The lowest BCUT2D eigenvalue weighted by molar-refractivity contribution is -0.122. The van der Waals surface area contributed by atoms with Gasteiger partial charge in [-0.2, -0.15) is 0 Å². The summed E-state index contributed by atoms with van der Waals surface area (Å²) in [7, 11) is 0. The monoisotopic (exact) mass is 303 g/mol.